The van der Waals surface area contributed by atoms with E-state index in [1.807, 2.05) is 0 Å². The van der Waals surface area contributed by atoms with Crippen LogP contribution in [0.3, 0.4) is 0 Å². The van der Waals surface area contributed by atoms with Crippen molar-refractivity contribution in [1.82, 2.24) is 5.43 Å². The second-order valence-corrected chi connectivity index (χ2v) is 6.57. The van der Waals surface area contributed by atoms with Crippen LogP contribution in [0.1, 0.15) is 22.1 Å². The monoisotopic (exact) mass is 304 g/mol. The molecule has 4 rings (SSSR count). The van der Waals surface area contributed by atoms with E-state index < -0.39 is 0 Å². The highest BCUT2D eigenvalue weighted by molar-refractivity contribution is 8.14. The maximum atomic E-state index is 4.53. The molecule has 0 saturated carbocycles. The van der Waals surface area contributed by atoms with E-state index in [9.17, 15) is 0 Å². The Morgan fingerprint density at radius 3 is 2.55 bits per heavy atom. The van der Waals surface area contributed by atoms with Crippen LogP contribution in [-0.4, -0.2) is 5.04 Å². The molecule has 1 heterocycles. The van der Waals surface area contributed by atoms with Gasteiger partial charge < -0.3 is 0 Å². The number of hydrazone groups is 1. The number of fused-ring (bicyclic) bond motifs is 1. The Kier molecular flexibility index (Phi) is 3.35. The lowest BCUT2D eigenvalue weighted by Crippen LogP contribution is -2.06. The molecule has 1 aliphatic heterocycles. The predicted molar refractivity (Wildman–Crippen MR) is 95.1 cm³/mol. The van der Waals surface area contributed by atoms with Crippen molar-refractivity contribution in [2.75, 3.05) is 0 Å². The van der Waals surface area contributed by atoms with E-state index in [0.717, 1.165) is 5.04 Å². The molecule has 1 atom stereocenters. The lowest BCUT2D eigenvalue weighted by molar-refractivity contribution is 0.748. The summed E-state index contributed by atoms with van der Waals surface area (Å²) in [5, 5.41) is 8.31. The first kappa shape index (κ1) is 13.4. The van der Waals surface area contributed by atoms with E-state index >= 15 is 0 Å². The summed E-state index contributed by atoms with van der Waals surface area (Å²) in [6, 6.07) is 23.5. The van der Waals surface area contributed by atoms with Gasteiger partial charge in [-0.1, -0.05) is 84.1 Å². The van der Waals surface area contributed by atoms with Crippen LogP contribution in [0, 0.1) is 6.92 Å². The average molecular weight is 304 g/mol. The molecule has 22 heavy (non-hydrogen) atoms. The van der Waals surface area contributed by atoms with Crippen molar-refractivity contribution in [3.8, 4) is 0 Å². The zero-order valence-electron chi connectivity index (χ0n) is 12.3. The van der Waals surface area contributed by atoms with Crippen molar-refractivity contribution in [3.63, 3.8) is 0 Å². The van der Waals surface area contributed by atoms with Crippen molar-refractivity contribution in [3.05, 3.63) is 83.4 Å². The molecule has 0 amide bonds. The van der Waals surface area contributed by atoms with Crippen LogP contribution in [-0.2, 0) is 0 Å². The fourth-order valence-electron chi connectivity index (χ4n) is 2.72. The number of benzene rings is 3. The summed E-state index contributed by atoms with van der Waals surface area (Å²) in [5.74, 6) is 0. The third kappa shape index (κ3) is 2.38. The van der Waals surface area contributed by atoms with E-state index in [-0.39, 0.29) is 5.37 Å². The summed E-state index contributed by atoms with van der Waals surface area (Å²) in [4.78, 5) is 0. The topological polar surface area (TPSA) is 24.4 Å². The van der Waals surface area contributed by atoms with Crippen LogP contribution < -0.4 is 5.43 Å². The van der Waals surface area contributed by atoms with Crippen molar-refractivity contribution in [2.45, 2.75) is 12.3 Å². The highest BCUT2D eigenvalue weighted by Gasteiger charge is 2.23. The minimum Gasteiger partial charge on any atom is -0.291 e. The van der Waals surface area contributed by atoms with Crippen molar-refractivity contribution in [1.29, 1.82) is 0 Å². The van der Waals surface area contributed by atoms with Gasteiger partial charge in [-0.3, -0.25) is 5.43 Å². The van der Waals surface area contributed by atoms with Crippen LogP contribution in [0.25, 0.3) is 10.8 Å². The molecule has 108 valence electrons. The Bertz CT molecular complexity index is 847. The van der Waals surface area contributed by atoms with Crippen molar-refractivity contribution < 1.29 is 0 Å². The molecule has 3 aromatic rings. The molecule has 0 aromatic heterocycles. The highest BCUT2D eigenvalue weighted by atomic mass is 32.2. The van der Waals surface area contributed by atoms with E-state index in [2.05, 4.69) is 84.2 Å². The number of rotatable bonds is 2. The molecule has 3 aromatic carbocycles. The average Bonchev–Trinajstić information content (AvgIpc) is 3.05. The van der Waals surface area contributed by atoms with Crippen LogP contribution >= 0.6 is 11.8 Å². The summed E-state index contributed by atoms with van der Waals surface area (Å²) in [6.07, 6.45) is 0. The Balaban J connectivity index is 1.65. The van der Waals surface area contributed by atoms with Gasteiger partial charge >= 0.3 is 0 Å². The van der Waals surface area contributed by atoms with Gasteiger partial charge in [0.15, 0.2) is 0 Å². The summed E-state index contributed by atoms with van der Waals surface area (Å²) >= 11 is 1.78. The lowest BCUT2D eigenvalue weighted by atomic mass is 10.0. The Morgan fingerprint density at radius 1 is 0.909 bits per heavy atom. The molecule has 0 unspecified atom stereocenters. The smallest absolute Gasteiger partial charge is 0.126 e. The molecule has 0 spiro atoms. The SMILES string of the molecule is Cc1ccc(C2=NN[C@@H](c3cccc4ccccc34)S2)cc1. The third-order valence-corrected chi connectivity index (χ3v) is 5.06. The first-order valence-corrected chi connectivity index (χ1v) is 8.24. The molecular formula is C19H16N2S. The number of nitrogens with one attached hydrogen (secondary N) is 1. The zero-order chi connectivity index (χ0) is 14.9. The molecule has 0 aliphatic carbocycles. The van der Waals surface area contributed by atoms with Gasteiger partial charge in [-0.05, 0) is 23.3 Å². The summed E-state index contributed by atoms with van der Waals surface area (Å²) in [5.41, 5.74) is 7.01. The third-order valence-electron chi connectivity index (χ3n) is 3.92. The molecule has 1 aliphatic rings. The zero-order valence-corrected chi connectivity index (χ0v) is 13.1. The Hall–Kier alpha value is -2.26. The molecule has 0 fully saturated rings. The van der Waals surface area contributed by atoms with E-state index in [1.165, 1.54) is 27.5 Å². The molecule has 2 nitrogen and oxygen atoms in total. The number of hydrogen-bond acceptors (Lipinski definition) is 3. The van der Waals surface area contributed by atoms with E-state index in [4.69, 9.17) is 0 Å². The number of aryl methyl sites for hydroxylation is 1. The number of thioether (sulfide) groups is 1. The van der Waals surface area contributed by atoms with E-state index in [0.29, 0.717) is 0 Å². The normalized spacial score (nSPS) is 17.3. The Labute approximate surface area is 134 Å². The summed E-state index contributed by atoms with van der Waals surface area (Å²) in [6.45, 7) is 2.10. The highest BCUT2D eigenvalue weighted by Crippen LogP contribution is 2.37. The summed E-state index contributed by atoms with van der Waals surface area (Å²) in [7, 11) is 0. The van der Waals surface area contributed by atoms with E-state index in [1.54, 1.807) is 11.8 Å². The fraction of sp³-hybridized carbons (Fsp3) is 0.105. The largest absolute Gasteiger partial charge is 0.291 e. The lowest BCUT2D eigenvalue weighted by Gasteiger charge is -2.12. The van der Waals surface area contributed by atoms with Crippen molar-refractivity contribution in [2.24, 2.45) is 5.10 Å². The maximum absolute atomic E-state index is 4.53. The van der Waals surface area contributed by atoms with Gasteiger partial charge in [0, 0.05) is 5.56 Å². The maximum Gasteiger partial charge on any atom is 0.126 e. The molecule has 0 bridgehead atoms. The molecule has 0 saturated heterocycles. The quantitative estimate of drug-likeness (QED) is 0.732. The van der Waals surface area contributed by atoms with Gasteiger partial charge in [0.1, 0.15) is 10.4 Å². The first-order valence-electron chi connectivity index (χ1n) is 7.36. The predicted octanol–water partition coefficient (Wildman–Crippen LogP) is 4.85. The molecule has 0 radical (unpaired) electrons. The molecular weight excluding hydrogens is 288 g/mol. The van der Waals surface area contributed by atoms with Gasteiger partial charge in [-0.2, -0.15) is 5.10 Å². The van der Waals surface area contributed by atoms with Gasteiger partial charge in [0.2, 0.25) is 0 Å². The fourth-order valence-corrected chi connectivity index (χ4v) is 3.76. The van der Waals surface area contributed by atoms with Gasteiger partial charge in [-0.25, -0.2) is 0 Å². The molecule has 3 heteroatoms. The minimum absolute atomic E-state index is 0.169. The van der Waals surface area contributed by atoms with Crippen LogP contribution in [0.5, 0.6) is 0 Å². The van der Waals surface area contributed by atoms with Crippen LogP contribution in [0.15, 0.2) is 71.8 Å². The van der Waals surface area contributed by atoms with Crippen LogP contribution in [0.2, 0.25) is 0 Å². The Morgan fingerprint density at radius 2 is 1.68 bits per heavy atom. The first-order chi connectivity index (χ1) is 10.8. The standard InChI is InChI=1S/C19H16N2S/c1-13-9-11-15(12-10-13)18-20-21-19(22-18)17-8-4-6-14-5-2-3-7-16(14)17/h2-12,19,21H,1H3/t19-/m1/s1. The second kappa shape index (κ2) is 5.50. The van der Waals surface area contributed by atoms with Gasteiger partial charge in [0.05, 0.1) is 0 Å². The summed E-state index contributed by atoms with van der Waals surface area (Å²) < 4.78 is 0. The van der Waals surface area contributed by atoms with Gasteiger partial charge in [-0.15, -0.1) is 0 Å². The van der Waals surface area contributed by atoms with Gasteiger partial charge in [0.25, 0.3) is 0 Å². The van der Waals surface area contributed by atoms with Crippen LogP contribution in [0.4, 0.5) is 0 Å². The molecule has 1 N–H and O–H groups in total. The minimum atomic E-state index is 0.169. The number of hydrogen-bond donors (Lipinski definition) is 1. The second-order valence-electron chi connectivity index (χ2n) is 5.48. The number of nitrogens with zero attached hydrogens (tertiary/aromatic N) is 1. The van der Waals surface area contributed by atoms with Crippen molar-refractivity contribution >= 4 is 27.6 Å².